The van der Waals surface area contributed by atoms with Crippen molar-refractivity contribution in [3.8, 4) is 5.75 Å². The van der Waals surface area contributed by atoms with E-state index in [2.05, 4.69) is 13.8 Å². The van der Waals surface area contributed by atoms with E-state index in [0.717, 1.165) is 32.1 Å². The van der Waals surface area contributed by atoms with Crippen molar-refractivity contribution >= 4 is 17.9 Å². The van der Waals surface area contributed by atoms with Gasteiger partial charge >= 0.3 is 17.9 Å². The van der Waals surface area contributed by atoms with E-state index < -0.39 is 24.0 Å². The summed E-state index contributed by atoms with van der Waals surface area (Å²) in [5.74, 6) is -2.29. The molecule has 0 saturated heterocycles. The number of ether oxygens (including phenoxy) is 2. The molecule has 0 amide bonds. The number of esters is 2. The minimum atomic E-state index is -1.06. The van der Waals surface area contributed by atoms with Gasteiger partial charge in [-0.25, -0.2) is 9.59 Å². The molecule has 1 aromatic rings. The fourth-order valence-corrected chi connectivity index (χ4v) is 4.38. The van der Waals surface area contributed by atoms with Gasteiger partial charge in [0.05, 0.1) is 0 Å². The maximum atomic E-state index is 12.6. The number of rotatable bonds is 23. The smallest absolute Gasteiger partial charge is 0.349 e. The maximum absolute atomic E-state index is 12.6. The van der Waals surface area contributed by atoms with E-state index in [9.17, 15) is 19.5 Å². The molecule has 0 aliphatic carbocycles. The molecule has 1 atom stereocenters. The van der Waals surface area contributed by atoms with Crippen molar-refractivity contribution in [2.45, 2.75) is 142 Å². The fourth-order valence-electron chi connectivity index (χ4n) is 4.38. The van der Waals surface area contributed by atoms with Crippen LogP contribution in [0, 0.1) is 0 Å². The molecule has 0 aromatic heterocycles. The van der Waals surface area contributed by atoms with Gasteiger partial charge in [0.2, 0.25) is 0 Å². The molecule has 0 bridgehead atoms. The van der Waals surface area contributed by atoms with Gasteiger partial charge in [-0.3, -0.25) is 4.79 Å². The Morgan fingerprint density at radius 3 is 1.73 bits per heavy atom. The molecular weight excluding hydrogens is 468 g/mol. The van der Waals surface area contributed by atoms with Gasteiger partial charge in [-0.1, -0.05) is 122 Å². The van der Waals surface area contributed by atoms with Crippen molar-refractivity contribution in [1.29, 1.82) is 0 Å². The third kappa shape index (κ3) is 16.2. The molecule has 0 spiro atoms. The summed E-state index contributed by atoms with van der Waals surface area (Å²) in [4.78, 5) is 36.6. The number of carboxylic acids is 1. The number of carbonyl (C=O) groups excluding carboxylic acids is 2. The first kappa shape index (κ1) is 32.7. The van der Waals surface area contributed by atoms with E-state index in [-0.39, 0.29) is 17.7 Å². The number of aliphatic carboxylic acids is 1. The Bertz CT molecular complexity index is 760. The molecule has 0 radical (unpaired) electrons. The molecular formula is C31H50O6. The van der Waals surface area contributed by atoms with Crippen LogP contribution >= 0.6 is 0 Å². The third-order valence-electron chi connectivity index (χ3n) is 6.66. The second kappa shape index (κ2) is 21.7. The second-order valence-electron chi connectivity index (χ2n) is 10.0. The van der Waals surface area contributed by atoms with Crippen molar-refractivity contribution in [3.63, 3.8) is 0 Å². The summed E-state index contributed by atoms with van der Waals surface area (Å²) in [6, 6.07) is 6.36. The van der Waals surface area contributed by atoms with Crippen LogP contribution in [0.1, 0.15) is 146 Å². The highest BCUT2D eigenvalue weighted by Gasteiger charge is 2.23. The molecule has 0 saturated carbocycles. The number of carbonyl (C=O) groups is 3. The molecule has 210 valence electrons. The summed E-state index contributed by atoms with van der Waals surface area (Å²) in [5, 5.41) is 9.63. The van der Waals surface area contributed by atoms with Gasteiger partial charge in [0.1, 0.15) is 11.3 Å². The zero-order valence-corrected chi connectivity index (χ0v) is 23.3. The number of benzene rings is 1. The topological polar surface area (TPSA) is 89.9 Å². The molecule has 0 heterocycles. The lowest BCUT2D eigenvalue weighted by atomic mass is 10.1. The van der Waals surface area contributed by atoms with Gasteiger partial charge in [0, 0.05) is 6.42 Å². The Morgan fingerprint density at radius 2 is 1.19 bits per heavy atom. The van der Waals surface area contributed by atoms with Crippen molar-refractivity contribution in [1.82, 2.24) is 0 Å². The largest absolute Gasteiger partial charge is 0.479 e. The highest BCUT2D eigenvalue weighted by atomic mass is 16.6. The summed E-state index contributed by atoms with van der Waals surface area (Å²) in [5.41, 5.74) is 0.0742. The number of carboxylic acid groups (broad SMARTS) is 1. The Morgan fingerprint density at radius 1 is 0.703 bits per heavy atom. The summed E-state index contributed by atoms with van der Waals surface area (Å²) in [7, 11) is 0. The summed E-state index contributed by atoms with van der Waals surface area (Å²) in [6.45, 7) is 4.40. The zero-order chi connectivity index (χ0) is 27.1. The van der Waals surface area contributed by atoms with Crippen LogP contribution in [0.4, 0.5) is 0 Å². The van der Waals surface area contributed by atoms with Crippen LogP contribution in [-0.2, 0) is 14.3 Å². The highest BCUT2D eigenvalue weighted by molar-refractivity contribution is 5.98. The van der Waals surface area contributed by atoms with E-state index in [1.807, 2.05) is 0 Å². The maximum Gasteiger partial charge on any atom is 0.349 e. The van der Waals surface area contributed by atoms with Crippen LogP contribution in [0.15, 0.2) is 24.3 Å². The van der Waals surface area contributed by atoms with Crippen LogP contribution in [-0.4, -0.2) is 29.1 Å². The molecule has 37 heavy (non-hydrogen) atoms. The summed E-state index contributed by atoms with van der Waals surface area (Å²) >= 11 is 0. The SMILES string of the molecule is CCCCCCCCCCCC(=O)OC(=O)c1ccccc1OC(CCCCCCCCCC)C(=O)O. The third-order valence-corrected chi connectivity index (χ3v) is 6.66. The van der Waals surface area contributed by atoms with Crippen LogP contribution in [0.2, 0.25) is 0 Å². The minimum absolute atomic E-state index is 0.0742. The molecule has 1 N–H and O–H groups in total. The fraction of sp³-hybridized carbons (Fsp3) is 0.710. The first-order valence-corrected chi connectivity index (χ1v) is 14.7. The monoisotopic (exact) mass is 518 g/mol. The molecule has 6 heteroatoms. The summed E-state index contributed by atoms with van der Waals surface area (Å²) in [6.07, 6.45) is 18.7. The summed E-state index contributed by atoms with van der Waals surface area (Å²) < 4.78 is 10.8. The first-order valence-electron chi connectivity index (χ1n) is 14.7. The Kier molecular flexibility index (Phi) is 19.1. The van der Waals surface area contributed by atoms with Gasteiger partial charge in [0.25, 0.3) is 0 Å². The molecule has 1 unspecified atom stereocenters. The first-order chi connectivity index (χ1) is 18.0. The van der Waals surface area contributed by atoms with Crippen LogP contribution in [0.3, 0.4) is 0 Å². The van der Waals surface area contributed by atoms with Crippen molar-refractivity contribution < 1.29 is 29.0 Å². The van der Waals surface area contributed by atoms with Crippen molar-refractivity contribution in [2.24, 2.45) is 0 Å². The molecule has 0 fully saturated rings. The Labute approximate surface area is 224 Å². The average molecular weight is 519 g/mol. The van der Waals surface area contributed by atoms with Gasteiger partial charge in [-0.05, 0) is 31.4 Å². The van der Waals surface area contributed by atoms with Crippen LogP contribution in [0.25, 0.3) is 0 Å². The van der Waals surface area contributed by atoms with Gasteiger partial charge < -0.3 is 14.6 Å². The normalized spacial score (nSPS) is 11.7. The van der Waals surface area contributed by atoms with Crippen LogP contribution < -0.4 is 4.74 Å². The lowest BCUT2D eigenvalue weighted by Crippen LogP contribution is -2.28. The van der Waals surface area contributed by atoms with Gasteiger partial charge in [-0.15, -0.1) is 0 Å². The standard InChI is InChI=1S/C31H50O6/c1-3-5-7-9-11-13-15-17-19-25-29(32)37-31(35)26-22-20-21-23-27(26)36-28(30(33)34)24-18-16-14-12-10-8-6-4-2/h20-23,28H,3-19,24-25H2,1-2H3,(H,33,34). The molecule has 1 rings (SSSR count). The average Bonchev–Trinajstić information content (AvgIpc) is 2.88. The van der Waals surface area contributed by atoms with E-state index >= 15 is 0 Å². The highest BCUT2D eigenvalue weighted by Crippen LogP contribution is 2.23. The molecule has 0 aliphatic heterocycles. The second-order valence-corrected chi connectivity index (χ2v) is 10.0. The van der Waals surface area contributed by atoms with E-state index in [4.69, 9.17) is 9.47 Å². The number of unbranched alkanes of at least 4 members (excludes halogenated alkanes) is 15. The molecule has 6 nitrogen and oxygen atoms in total. The quantitative estimate of drug-likeness (QED) is 0.0885. The van der Waals surface area contributed by atoms with Gasteiger partial charge in [0.15, 0.2) is 6.10 Å². The Hall–Kier alpha value is -2.37. The van der Waals surface area contributed by atoms with Gasteiger partial charge in [-0.2, -0.15) is 0 Å². The van der Waals surface area contributed by atoms with E-state index in [0.29, 0.717) is 12.8 Å². The van der Waals surface area contributed by atoms with Crippen molar-refractivity contribution in [2.75, 3.05) is 0 Å². The number of hydrogen-bond donors (Lipinski definition) is 1. The van der Waals surface area contributed by atoms with E-state index in [1.54, 1.807) is 18.2 Å². The number of para-hydroxylation sites is 1. The predicted molar refractivity (Wildman–Crippen MR) is 148 cm³/mol. The molecule has 1 aromatic carbocycles. The molecule has 0 aliphatic rings. The van der Waals surface area contributed by atoms with Crippen LogP contribution in [0.5, 0.6) is 5.75 Å². The lowest BCUT2D eigenvalue weighted by molar-refractivity contribution is -0.145. The number of hydrogen-bond acceptors (Lipinski definition) is 5. The zero-order valence-electron chi connectivity index (χ0n) is 23.3. The van der Waals surface area contributed by atoms with Crippen molar-refractivity contribution in [3.05, 3.63) is 29.8 Å². The Balaban J connectivity index is 2.41. The lowest BCUT2D eigenvalue weighted by Gasteiger charge is -2.17. The predicted octanol–water partition coefficient (Wildman–Crippen LogP) is 8.65. The minimum Gasteiger partial charge on any atom is -0.479 e. The van der Waals surface area contributed by atoms with E-state index in [1.165, 1.54) is 76.7 Å².